The van der Waals surface area contributed by atoms with Gasteiger partial charge in [0.05, 0.1) is 65.9 Å². The molecule has 11 rings (SSSR count). The largest absolute Gasteiger partial charge is 0.516 e. The van der Waals surface area contributed by atoms with Crippen LogP contribution in [0.4, 0.5) is 4.79 Å². The lowest BCUT2D eigenvalue weighted by molar-refractivity contribution is -0.144. The monoisotopic (exact) mass is 1810 g/mol. The van der Waals surface area contributed by atoms with E-state index in [1.807, 2.05) is 48.6 Å². The van der Waals surface area contributed by atoms with Crippen LogP contribution in [0.1, 0.15) is 108 Å². The van der Waals surface area contributed by atoms with Crippen molar-refractivity contribution in [2.24, 2.45) is 76.6 Å². The van der Waals surface area contributed by atoms with Crippen LogP contribution >= 0.6 is 27.5 Å². The minimum Gasteiger partial charge on any atom is -0.481 e. The van der Waals surface area contributed by atoms with Crippen LogP contribution in [0.5, 0.6) is 0 Å². The molecule has 9 aliphatic rings. The number of carbonyl (C=O) groups is 3. The number of ether oxygens (including phenoxy) is 6. The number of aliphatic imine (C=N–C) groups is 6. The number of nitrogens with zero attached hydrogens (tertiary/aromatic N) is 8. The zero-order valence-electron chi connectivity index (χ0n) is 74.2. The molecule has 125 heavy (non-hydrogen) atoms. The zero-order chi connectivity index (χ0) is 92.3. The van der Waals surface area contributed by atoms with Gasteiger partial charge in [-0.1, -0.05) is 106 Å². The molecule has 0 bridgehead atoms. The molecule has 8 aliphatic heterocycles. The molecular weight excluding hydrogens is 1680 g/mol. The summed E-state index contributed by atoms with van der Waals surface area (Å²) in [4.78, 5) is 65.3. The molecule has 690 valence electrons. The smallest absolute Gasteiger partial charge is 0.481 e. The van der Waals surface area contributed by atoms with Crippen molar-refractivity contribution in [1.82, 2.24) is 9.80 Å². The third-order valence-electron chi connectivity index (χ3n) is 22.7. The van der Waals surface area contributed by atoms with Gasteiger partial charge in [0.2, 0.25) is 0 Å². The lowest BCUT2D eigenvalue weighted by atomic mass is 9.93. The molecule has 8 heterocycles. The highest BCUT2D eigenvalue weighted by molar-refractivity contribution is 7.73. The van der Waals surface area contributed by atoms with Gasteiger partial charge in [-0.2, -0.15) is 0 Å². The summed E-state index contributed by atoms with van der Waals surface area (Å²) in [5.74, 6) is 5.15. The molecule has 4 fully saturated rings. The van der Waals surface area contributed by atoms with Gasteiger partial charge < -0.3 is 112 Å². The van der Waals surface area contributed by atoms with E-state index in [4.69, 9.17) is 61.6 Å². The van der Waals surface area contributed by atoms with E-state index in [9.17, 15) is 55.2 Å². The first-order chi connectivity index (χ1) is 58.7. The van der Waals surface area contributed by atoms with Gasteiger partial charge in [-0.3, -0.25) is 19.6 Å². The van der Waals surface area contributed by atoms with Gasteiger partial charge in [-0.05, 0) is 171 Å². The fourth-order valence-electron chi connectivity index (χ4n) is 15.4. The van der Waals surface area contributed by atoms with Gasteiger partial charge in [0, 0.05) is 50.0 Å². The SMILES string of the molecule is C=C1N=C(N)C(C#CC)=CN1[C@@H]1O[C@H](CCP(=C)(C)C)[C@@H](O)[C@H]1O.C=C1N=C(N)C(CCO)=CN1[C@@H]1O[C@H](CCP(=C)(C)C)[C@@H](O)[C@H]1O.C=P(C)(C)CC[C@H]1O[C@@H](C2C=CC(N)=NC2=NCCCCC(C)C(=O)O)[C@H](O)[C@@H]1O.C=P(C)(C)CC[C@H]1O[C@@H](C2C=CC(N)=NC2=NCCCCC(C)C(=O)OC(=O)OCC2c3ccccc3-c3ccccc32)[C@H](O)[C@@H]1O. The number of unbranched alkanes of at least 4 members (excludes halogenated alkanes) is 2. The van der Waals surface area contributed by atoms with Crippen LogP contribution in [0.3, 0.4) is 0 Å². The predicted molar refractivity (Wildman–Crippen MR) is 509 cm³/mol. The quantitative estimate of drug-likeness (QED) is 0.0118. The Morgan fingerprint density at radius 3 is 1.34 bits per heavy atom. The molecule has 1 aliphatic carbocycles. The van der Waals surface area contributed by atoms with Crippen molar-refractivity contribution >= 4 is 106 Å². The van der Waals surface area contributed by atoms with E-state index in [2.05, 4.69) is 146 Å². The minimum absolute atomic E-state index is 0.0655. The van der Waals surface area contributed by atoms with Crippen LogP contribution < -0.4 is 22.9 Å². The third kappa shape index (κ3) is 29.4. The number of aliphatic hydroxyl groups is 9. The van der Waals surface area contributed by atoms with Gasteiger partial charge >= 0.3 is 18.1 Å². The average molecular weight is 1810 g/mol. The van der Waals surface area contributed by atoms with Gasteiger partial charge in [0.25, 0.3) is 0 Å². The summed E-state index contributed by atoms with van der Waals surface area (Å²) >= 11 is 0. The van der Waals surface area contributed by atoms with Gasteiger partial charge in [-0.25, -0.2) is 24.8 Å². The maximum atomic E-state index is 12.6. The van der Waals surface area contributed by atoms with Crippen molar-refractivity contribution in [2.45, 2.75) is 195 Å². The molecule has 0 saturated carbocycles. The van der Waals surface area contributed by atoms with Crippen molar-refractivity contribution in [1.29, 1.82) is 0 Å². The van der Waals surface area contributed by atoms with E-state index in [0.29, 0.717) is 123 Å². The number of fused-ring (bicyclic) bond motifs is 3. The number of dihydropyridines is 2. The number of rotatable bonds is 32. The first-order valence-electron chi connectivity index (χ1n) is 42.5. The van der Waals surface area contributed by atoms with Gasteiger partial charge in [-0.15, -0.1) is 58.7 Å². The lowest BCUT2D eigenvalue weighted by Gasteiger charge is -2.32. The maximum Gasteiger partial charge on any atom is 0.516 e. The second kappa shape index (κ2) is 46.1. The Hall–Kier alpha value is -7.65. The number of aliphatic hydroxyl groups excluding tert-OH is 9. The molecule has 0 amide bonds. The van der Waals surface area contributed by atoms with Crippen LogP contribution in [0.2, 0.25) is 0 Å². The molecule has 0 spiro atoms. The Morgan fingerprint density at radius 2 is 0.936 bits per heavy atom. The van der Waals surface area contributed by atoms with Crippen molar-refractivity contribution in [2.75, 3.05) is 104 Å². The van der Waals surface area contributed by atoms with E-state index in [1.165, 1.54) is 0 Å². The summed E-state index contributed by atoms with van der Waals surface area (Å²) in [6, 6.07) is 16.1. The summed E-state index contributed by atoms with van der Waals surface area (Å²) in [5, 5.41) is 102. The minimum atomic E-state index is -1.31. The molecule has 4 unspecified atom stereocenters. The van der Waals surface area contributed by atoms with Crippen LogP contribution in [-0.2, 0) is 38.0 Å². The molecular formula is C90H136N12O19P4. The topological polar surface area (TPSA) is 494 Å². The molecule has 4 saturated heterocycles. The second-order valence-corrected chi connectivity index (χ2v) is 53.3. The van der Waals surface area contributed by atoms with Crippen molar-refractivity contribution in [3.8, 4) is 23.0 Å². The number of hydrogen-bond acceptors (Lipinski definition) is 28. The molecule has 35 heteroatoms. The second-order valence-electron chi connectivity index (χ2n) is 36.0. The molecule has 2 aromatic carbocycles. The van der Waals surface area contributed by atoms with E-state index >= 15 is 0 Å². The normalized spacial score (nSPS) is 29.0. The fraction of sp³-hybridized carbons (Fsp3) is 0.567. The molecule has 20 atom stereocenters. The van der Waals surface area contributed by atoms with Gasteiger partial charge in [0.15, 0.2) is 12.5 Å². The summed E-state index contributed by atoms with van der Waals surface area (Å²) in [6.07, 6.45) is 23.4. The Bertz CT molecular complexity index is 4690. The Kier molecular flexibility index (Phi) is 37.8. The van der Waals surface area contributed by atoms with Crippen molar-refractivity contribution < 1.29 is 93.9 Å². The van der Waals surface area contributed by atoms with Crippen molar-refractivity contribution in [3.05, 3.63) is 132 Å². The standard InChI is InChI=1S/C36H46N3O7P.C21H36N3O5P.C17H26N3O3P.C16H28N3O4P/c1-22(35(42)46-36(43)44-21-28-25-14-7-5-12-23(25)24-13-6-8-15-26(24)28)11-9-10-19-38-34-27(16-17-30(37)39-34)33-32(41)31(40)29(45-33)18-20-47(2,3)4;1-13(21(27)28)7-5-6-11-23-20-14(8-9-16(22)24-20)19-18(26)17(25)15(29-19)10-12-30(2,3)4;1-6-7-12-10-20(11(2)19-16(12)18)17-15(22)14(21)13(23-17)8-9-24(3,4)5;1-10-18-15(17)11(5-7-20)9-19(10)16-14(22)13(21)12(23-16)6-8-24(2,3)4/h5-8,12-17,22,27-29,31-33,40-41H,2,9-11,18-21H2,1,3-4H3,(H2,37,38,39);8-9,13-15,17-19,25-26H,2,5-7,10-12H2,1,3-4H3,(H,27,28)(H2,22,23,24);10,13-15,17,21-22H,2-3,8-9H2,1,4-5H3,(H2,18,19);9,12-14,16,20-22H,1-2,5-8H2,3-4H3,(H2,17,18)/t22?,27?,29-,31-,32-,33+;13?,14?,15-,17-,18-,19+;13-,14-,15-,17-;12-,13-,14-,16-/m1111/s1. The Balaban J connectivity index is 0.000000216. The van der Waals surface area contributed by atoms with Crippen LogP contribution in [0.25, 0.3) is 11.1 Å². The number of carbonyl (C=O) groups excluding carboxylic acids is 2. The van der Waals surface area contributed by atoms with Crippen molar-refractivity contribution in [3.63, 3.8) is 0 Å². The molecule has 2 aromatic rings. The first-order valence-corrected chi connectivity index (χ1v) is 54.7. The lowest BCUT2D eigenvalue weighted by Crippen LogP contribution is -2.42. The van der Waals surface area contributed by atoms with E-state index in [-0.39, 0.29) is 30.9 Å². The highest BCUT2D eigenvalue weighted by atomic mass is 31.2. The Labute approximate surface area is 737 Å². The summed E-state index contributed by atoms with van der Waals surface area (Å²) < 4.78 is 34.4. The van der Waals surface area contributed by atoms with E-state index in [1.54, 1.807) is 55.1 Å². The molecule has 0 aromatic heterocycles. The first kappa shape index (κ1) is 103. The number of esters is 1. The number of aliphatic carboxylic acids is 1. The summed E-state index contributed by atoms with van der Waals surface area (Å²) in [5.41, 5.74) is 29.0. The van der Waals surface area contributed by atoms with E-state index < -0.39 is 161 Å². The molecule has 18 N–H and O–H groups in total. The number of carboxylic acid groups (broad SMARTS) is 1. The molecule has 0 radical (unpaired) electrons. The number of carboxylic acids is 1. The van der Waals surface area contributed by atoms with Crippen LogP contribution in [0.15, 0.2) is 151 Å². The predicted octanol–water partition coefficient (Wildman–Crippen LogP) is 6.75. The summed E-state index contributed by atoms with van der Waals surface area (Å²) in [6.45, 7) is 25.7. The van der Waals surface area contributed by atoms with E-state index in [0.717, 1.165) is 59.7 Å². The third-order valence-corrected chi connectivity index (χ3v) is 28.6. The van der Waals surface area contributed by atoms with Gasteiger partial charge in [0.1, 0.15) is 102 Å². The fourth-order valence-corrected chi connectivity index (χ4v) is 19.3. The Morgan fingerprint density at radius 1 is 0.544 bits per heavy atom. The highest BCUT2D eigenvalue weighted by Crippen LogP contribution is 2.47. The number of amidine groups is 6. The number of benzene rings is 2. The maximum absolute atomic E-state index is 12.6. The highest BCUT2D eigenvalue weighted by Gasteiger charge is 2.51. The summed E-state index contributed by atoms with van der Waals surface area (Å²) in [7, 11) is 0. The van der Waals surface area contributed by atoms with Crippen LogP contribution in [-0.4, -0.2) is 341 Å². The average Bonchev–Trinajstić information content (AvgIpc) is 1.65. The number of hydrogen-bond donors (Lipinski definition) is 14. The zero-order valence-corrected chi connectivity index (χ0v) is 77.8. The van der Waals surface area contributed by atoms with Crippen LogP contribution in [0, 0.1) is 35.5 Å². The number of nitrogens with two attached hydrogens (primary N) is 4. The molecule has 31 nitrogen and oxygen atoms in total.